The fourth-order valence-corrected chi connectivity index (χ4v) is 4.59. The van der Waals surface area contributed by atoms with Gasteiger partial charge in [0.05, 0.1) is 29.7 Å². The van der Waals surface area contributed by atoms with E-state index in [1.807, 2.05) is 30.6 Å². The Morgan fingerprint density at radius 3 is 2.63 bits per heavy atom. The van der Waals surface area contributed by atoms with Crippen molar-refractivity contribution < 1.29 is 0 Å². The van der Waals surface area contributed by atoms with Crippen LogP contribution in [-0.4, -0.2) is 56.6 Å². The maximum Gasteiger partial charge on any atom is 0.170 e. The molecule has 1 fully saturated rings. The van der Waals surface area contributed by atoms with Crippen molar-refractivity contribution in [2.75, 3.05) is 27.2 Å². The molecule has 1 N–H and O–H groups in total. The van der Waals surface area contributed by atoms with E-state index in [4.69, 9.17) is 12.2 Å². The molecule has 3 aromatic rings. The van der Waals surface area contributed by atoms with Gasteiger partial charge in [-0.1, -0.05) is 6.07 Å². The summed E-state index contributed by atoms with van der Waals surface area (Å²) >= 11 is 5.77. The van der Waals surface area contributed by atoms with Gasteiger partial charge < -0.3 is 19.7 Å². The topological polar surface area (TPSA) is 49.2 Å². The highest BCUT2D eigenvalue weighted by Crippen LogP contribution is 2.41. The molecule has 0 saturated carbocycles. The minimum atomic E-state index is 0.00344. The van der Waals surface area contributed by atoms with Crippen molar-refractivity contribution in [1.29, 1.82) is 0 Å². The third kappa shape index (κ3) is 3.82. The van der Waals surface area contributed by atoms with E-state index in [1.165, 1.54) is 17.0 Å². The van der Waals surface area contributed by atoms with Gasteiger partial charge in [-0.05, 0) is 76.1 Å². The Balaban J connectivity index is 1.80. The standard InChI is InChI=1S/C23H28N6S/c1-16-14-19(17(2)29(16)18-8-7-10-24-15-18)22-21(20-9-5-6-11-25-20)26-23(30)28(22)13-12-27(3)4/h5-11,14-15,21-22H,12-13H2,1-4H3,(H,26,30). The van der Waals surface area contributed by atoms with Crippen molar-refractivity contribution in [3.05, 3.63) is 77.6 Å². The van der Waals surface area contributed by atoms with Crippen molar-refractivity contribution in [3.8, 4) is 5.69 Å². The molecule has 6 nitrogen and oxygen atoms in total. The number of thiocarbonyl (C=S) groups is 1. The number of hydrogen-bond donors (Lipinski definition) is 1. The predicted octanol–water partition coefficient (Wildman–Crippen LogP) is 3.42. The van der Waals surface area contributed by atoms with Crippen LogP contribution in [0, 0.1) is 13.8 Å². The molecule has 2 atom stereocenters. The third-order valence-corrected chi connectivity index (χ3v) is 6.03. The van der Waals surface area contributed by atoms with Crippen molar-refractivity contribution in [3.63, 3.8) is 0 Å². The quantitative estimate of drug-likeness (QED) is 0.617. The number of aryl methyl sites for hydroxylation is 1. The number of nitrogens with zero attached hydrogens (tertiary/aromatic N) is 5. The summed E-state index contributed by atoms with van der Waals surface area (Å²) in [5.41, 5.74) is 5.72. The Bertz CT molecular complexity index is 1010. The molecule has 1 saturated heterocycles. The lowest BCUT2D eigenvalue weighted by molar-refractivity contribution is 0.277. The fourth-order valence-electron chi connectivity index (χ4n) is 4.26. The largest absolute Gasteiger partial charge is 0.352 e. The van der Waals surface area contributed by atoms with E-state index in [2.05, 4.69) is 75.8 Å². The number of nitrogens with one attached hydrogen (secondary N) is 1. The maximum atomic E-state index is 5.77. The van der Waals surface area contributed by atoms with Gasteiger partial charge in [0.1, 0.15) is 0 Å². The third-order valence-electron chi connectivity index (χ3n) is 5.68. The Labute approximate surface area is 183 Å². The van der Waals surface area contributed by atoms with Crippen molar-refractivity contribution in [1.82, 2.24) is 29.7 Å². The minimum absolute atomic E-state index is 0.00344. The predicted molar refractivity (Wildman–Crippen MR) is 124 cm³/mol. The Morgan fingerprint density at radius 2 is 1.97 bits per heavy atom. The number of aromatic nitrogens is 3. The van der Waals surface area contributed by atoms with E-state index >= 15 is 0 Å². The van der Waals surface area contributed by atoms with Crippen molar-refractivity contribution in [2.45, 2.75) is 25.9 Å². The van der Waals surface area contributed by atoms with E-state index < -0.39 is 0 Å². The molecule has 0 radical (unpaired) electrons. The molecular formula is C23H28N6S. The molecule has 0 bridgehead atoms. The minimum Gasteiger partial charge on any atom is -0.352 e. The van der Waals surface area contributed by atoms with Crippen LogP contribution in [0.1, 0.15) is 34.7 Å². The number of rotatable bonds is 6. The zero-order chi connectivity index (χ0) is 21.3. The summed E-state index contributed by atoms with van der Waals surface area (Å²) in [6.07, 6.45) is 5.55. The Morgan fingerprint density at radius 1 is 1.13 bits per heavy atom. The number of pyridine rings is 2. The molecule has 1 aliphatic rings. The van der Waals surface area contributed by atoms with Crippen LogP contribution in [0.25, 0.3) is 5.69 Å². The molecule has 0 aromatic carbocycles. The van der Waals surface area contributed by atoms with Gasteiger partial charge in [-0.2, -0.15) is 0 Å². The summed E-state index contributed by atoms with van der Waals surface area (Å²) < 4.78 is 2.27. The summed E-state index contributed by atoms with van der Waals surface area (Å²) in [7, 11) is 4.18. The summed E-state index contributed by atoms with van der Waals surface area (Å²) in [5, 5.41) is 4.32. The van der Waals surface area contributed by atoms with Crippen LogP contribution in [-0.2, 0) is 0 Å². The van der Waals surface area contributed by atoms with Crippen LogP contribution in [0.5, 0.6) is 0 Å². The number of hydrogen-bond acceptors (Lipinski definition) is 4. The van der Waals surface area contributed by atoms with Crippen LogP contribution in [0.2, 0.25) is 0 Å². The highest BCUT2D eigenvalue weighted by atomic mass is 32.1. The van der Waals surface area contributed by atoms with Crippen molar-refractivity contribution >= 4 is 17.3 Å². The summed E-state index contributed by atoms with van der Waals surface area (Å²) in [6, 6.07) is 12.5. The molecule has 30 heavy (non-hydrogen) atoms. The molecule has 0 spiro atoms. The molecular weight excluding hydrogens is 392 g/mol. The monoisotopic (exact) mass is 420 g/mol. The summed E-state index contributed by atoms with van der Waals surface area (Å²) in [4.78, 5) is 13.4. The average molecular weight is 421 g/mol. The first-order valence-electron chi connectivity index (χ1n) is 10.2. The zero-order valence-corrected chi connectivity index (χ0v) is 18.7. The zero-order valence-electron chi connectivity index (χ0n) is 17.9. The molecule has 3 aromatic heterocycles. The van der Waals surface area contributed by atoms with Crippen LogP contribution < -0.4 is 5.32 Å². The molecule has 1 aliphatic heterocycles. The molecule has 7 heteroatoms. The molecule has 0 aliphatic carbocycles. The van der Waals surface area contributed by atoms with E-state index in [0.717, 1.165) is 29.6 Å². The van der Waals surface area contributed by atoms with Gasteiger partial charge in [-0.3, -0.25) is 9.97 Å². The van der Waals surface area contributed by atoms with Gasteiger partial charge in [-0.25, -0.2) is 0 Å². The molecule has 4 rings (SSSR count). The molecule has 4 heterocycles. The maximum absolute atomic E-state index is 5.77. The smallest absolute Gasteiger partial charge is 0.170 e. The van der Waals surface area contributed by atoms with Crippen LogP contribution in [0.15, 0.2) is 55.0 Å². The molecule has 2 unspecified atom stereocenters. The van der Waals surface area contributed by atoms with Crippen molar-refractivity contribution in [2.24, 2.45) is 0 Å². The first-order valence-corrected chi connectivity index (χ1v) is 10.6. The highest BCUT2D eigenvalue weighted by molar-refractivity contribution is 7.80. The molecule has 0 amide bonds. The second kappa shape index (κ2) is 8.53. The Kier molecular flexibility index (Phi) is 5.83. The highest BCUT2D eigenvalue weighted by Gasteiger charge is 2.41. The van der Waals surface area contributed by atoms with Gasteiger partial charge in [-0.15, -0.1) is 0 Å². The van der Waals surface area contributed by atoms with Crippen LogP contribution in [0.4, 0.5) is 0 Å². The normalized spacial score (nSPS) is 18.8. The average Bonchev–Trinajstić information content (AvgIpc) is 3.22. The van der Waals surface area contributed by atoms with E-state index in [-0.39, 0.29) is 12.1 Å². The number of likely N-dealkylation sites (N-methyl/N-ethyl adjacent to an activating group) is 1. The lowest BCUT2D eigenvalue weighted by atomic mass is 9.97. The second-order valence-electron chi connectivity index (χ2n) is 8.00. The van der Waals surface area contributed by atoms with Gasteiger partial charge in [0.25, 0.3) is 0 Å². The SMILES string of the molecule is Cc1cc(C2C(c3ccccn3)NC(=S)N2CCN(C)C)c(C)n1-c1cccnc1. The first kappa shape index (κ1) is 20.5. The second-order valence-corrected chi connectivity index (χ2v) is 8.38. The summed E-state index contributed by atoms with van der Waals surface area (Å²) in [5.74, 6) is 0. The van der Waals surface area contributed by atoms with E-state index in [1.54, 1.807) is 6.20 Å². The lowest BCUT2D eigenvalue weighted by Gasteiger charge is -2.29. The fraction of sp³-hybridized carbons (Fsp3) is 0.348. The van der Waals surface area contributed by atoms with Crippen LogP contribution in [0.3, 0.4) is 0 Å². The van der Waals surface area contributed by atoms with Gasteiger partial charge in [0, 0.05) is 36.9 Å². The molecule has 156 valence electrons. The van der Waals surface area contributed by atoms with E-state index in [9.17, 15) is 0 Å². The first-order chi connectivity index (χ1) is 14.5. The van der Waals surface area contributed by atoms with E-state index in [0.29, 0.717) is 0 Å². The Hall–Kier alpha value is -2.77. The van der Waals surface area contributed by atoms with Gasteiger partial charge >= 0.3 is 0 Å². The van der Waals surface area contributed by atoms with Crippen LogP contribution >= 0.6 is 12.2 Å². The van der Waals surface area contributed by atoms with Gasteiger partial charge in [0.2, 0.25) is 0 Å². The summed E-state index contributed by atoms with van der Waals surface area (Å²) in [6.45, 7) is 6.10. The van der Waals surface area contributed by atoms with Gasteiger partial charge in [0.15, 0.2) is 5.11 Å². The lowest BCUT2D eigenvalue weighted by Crippen LogP contribution is -2.35.